The number of piperidine rings is 1. The smallest absolute Gasteiger partial charge is 0.246 e. The zero-order valence-corrected chi connectivity index (χ0v) is 21.4. The number of amides is 1. The van der Waals surface area contributed by atoms with Gasteiger partial charge >= 0.3 is 0 Å². The molecule has 35 heavy (non-hydrogen) atoms. The van der Waals surface area contributed by atoms with Crippen molar-refractivity contribution in [1.82, 2.24) is 19.3 Å². The highest BCUT2D eigenvalue weighted by molar-refractivity contribution is 7.89. The van der Waals surface area contributed by atoms with Crippen molar-refractivity contribution in [3.8, 4) is 10.7 Å². The second kappa shape index (κ2) is 10.2. The Hall–Kier alpha value is -2.56. The molecule has 186 valence electrons. The van der Waals surface area contributed by atoms with Crippen molar-refractivity contribution in [2.45, 2.75) is 62.9 Å². The summed E-state index contributed by atoms with van der Waals surface area (Å²) >= 11 is 1.54. The second-order valence-electron chi connectivity index (χ2n) is 9.41. The average Bonchev–Trinajstić information content (AvgIpc) is 3.65. The van der Waals surface area contributed by atoms with Crippen molar-refractivity contribution in [2.24, 2.45) is 5.92 Å². The summed E-state index contributed by atoms with van der Waals surface area (Å²) in [6.45, 7) is 2.80. The van der Waals surface area contributed by atoms with Crippen LogP contribution in [-0.4, -0.2) is 52.8 Å². The van der Waals surface area contributed by atoms with Crippen LogP contribution in [0.3, 0.4) is 0 Å². The van der Waals surface area contributed by atoms with Gasteiger partial charge in [-0.15, -0.1) is 11.3 Å². The lowest BCUT2D eigenvalue weighted by atomic mass is 9.97. The predicted molar refractivity (Wildman–Crippen MR) is 133 cm³/mol. The molecule has 2 aromatic heterocycles. The van der Waals surface area contributed by atoms with Gasteiger partial charge in [-0.1, -0.05) is 41.8 Å². The van der Waals surface area contributed by atoms with Crippen molar-refractivity contribution in [1.29, 1.82) is 0 Å². The summed E-state index contributed by atoms with van der Waals surface area (Å²) in [7, 11) is -3.65. The lowest BCUT2D eigenvalue weighted by Crippen LogP contribution is -2.48. The summed E-state index contributed by atoms with van der Waals surface area (Å²) in [6, 6.07) is 10.9. The van der Waals surface area contributed by atoms with Gasteiger partial charge in [-0.25, -0.2) is 8.42 Å². The molecule has 3 heterocycles. The van der Waals surface area contributed by atoms with Crippen LogP contribution in [0, 0.1) is 12.8 Å². The largest absolute Gasteiger partial charge is 0.337 e. The predicted octanol–water partition coefficient (Wildman–Crippen LogP) is 4.48. The molecule has 1 atom stereocenters. The van der Waals surface area contributed by atoms with E-state index >= 15 is 0 Å². The van der Waals surface area contributed by atoms with Crippen molar-refractivity contribution in [3.05, 3.63) is 53.2 Å². The first kappa shape index (κ1) is 24.1. The number of rotatable bonds is 7. The molecule has 0 N–H and O–H groups in total. The van der Waals surface area contributed by atoms with Crippen molar-refractivity contribution < 1.29 is 17.7 Å². The summed E-state index contributed by atoms with van der Waals surface area (Å²) < 4.78 is 33.5. The van der Waals surface area contributed by atoms with E-state index in [1.54, 1.807) is 24.3 Å². The highest BCUT2D eigenvalue weighted by atomic mass is 32.2. The molecular weight excluding hydrogens is 484 g/mol. The van der Waals surface area contributed by atoms with E-state index in [0.29, 0.717) is 31.1 Å². The fourth-order valence-electron chi connectivity index (χ4n) is 5.03. The molecule has 1 aliphatic heterocycles. The summed E-state index contributed by atoms with van der Waals surface area (Å²) in [6.07, 6.45) is 5.37. The zero-order valence-electron chi connectivity index (χ0n) is 19.8. The molecule has 1 saturated carbocycles. The SMILES string of the molecule is Cc1ccc(S(=O)(=O)N2CCCC(C(=O)N(Cc3nc(-c4cccs4)no3)C3CCCC3)C2)cc1. The van der Waals surface area contributed by atoms with Gasteiger partial charge in [0.05, 0.1) is 15.7 Å². The number of aromatic nitrogens is 2. The van der Waals surface area contributed by atoms with Gasteiger partial charge in [0.15, 0.2) is 0 Å². The molecule has 2 fully saturated rings. The third-order valence-corrected chi connectivity index (χ3v) is 9.70. The molecule has 2 aliphatic rings. The molecule has 1 amide bonds. The van der Waals surface area contributed by atoms with Gasteiger partial charge in [-0.05, 0) is 56.2 Å². The van der Waals surface area contributed by atoms with Crippen LogP contribution in [-0.2, 0) is 21.4 Å². The zero-order chi connectivity index (χ0) is 24.4. The summed E-state index contributed by atoms with van der Waals surface area (Å²) in [4.78, 5) is 21.4. The van der Waals surface area contributed by atoms with Crippen LogP contribution >= 0.6 is 11.3 Å². The molecule has 0 bridgehead atoms. The van der Waals surface area contributed by atoms with E-state index < -0.39 is 10.0 Å². The number of hydrogen-bond acceptors (Lipinski definition) is 7. The topological polar surface area (TPSA) is 96.6 Å². The van der Waals surface area contributed by atoms with Gasteiger partial charge in [0.2, 0.25) is 27.6 Å². The third kappa shape index (κ3) is 5.19. The second-order valence-corrected chi connectivity index (χ2v) is 12.3. The summed E-state index contributed by atoms with van der Waals surface area (Å²) in [5.41, 5.74) is 1.01. The van der Waals surface area contributed by atoms with Gasteiger partial charge < -0.3 is 9.42 Å². The highest BCUT2D eigenvalue weighted by Crippen LogP contribution is 2.31. The molecule has 1 unspecified atom stereocenters. The van der Waals surface area contributed by atoms with Gasteiger partial charge in [0, 0.05) is 19.1 Å². The molecule has 0 spiro atoms. The monoisotopic (exact) mass is 514 g/mol. The van der Waals surface area contributed by atoms with Crippen LogP contribution in [0.5, 0.6) is 0 Å². The average molecular weight is 515 g/mol. The van der Waals surface area contributed by atoms with E-state index in [9.17, 15) is 13.2 Å². The van der Waals surface area contributed by atoms with E-state index in [1.165, 1.54) is 15.6 Å². The fourth-order valence-corrected chi connectivity index (χ4v) is 7.20. The van der Waals surface area contributed by atoms with Gasteiger partial charge in [0.1, 0.15) is 6.54 Å². The molecule has 8 nitrogen and oxygen atoms in total. The lowest BCUT2D eigenvalue weighted by molar-refractivity contribution is -0.140. The first-order valence-electron chi connectivity index (χ1n) is 12.2. The maximum absolute atomic E-state index is 13.8. The molecule has 1 aromatic carbocycles. The quantitative estimate of drug-likeness (QED) is 0.461. The molecule has 10 heteroatoms. The van der Waals surface area contributed by atoms with Crippen LogP contribution in [0.25, 0.3) is 10.7 Å². The Bertz CT molecular complexity index is 1250. The standard InChI is InChI=1S/C25H30N4O4S2/c1-18-10-12-21(13-11-18)35(31,32)28-14-4-6-19(16-28)25(30)29(20-7-2-3-8-20)17-23-26-24(27-33-23)22-9-5-15-34-22/h5,9-13,15,19-20H,2-4,6-8,14,16-17H2,1H3. The maximum Gasteiger partial charge on any atom is 0.246 e. The molecular formula is C25H30N4O4S2. The van der Waals surface area contributed by atoms with E-state index in [2.05, 4.69) is 10.1 Å². The Morgan fingerprint density at radius 2 is 1.91 bits per heavy atom. The van der Waals surface area contributed by atoms with E-state index in [0.717, 1.165) is 36.1 Å². The molecule has 1 saturated heterocycles. The molecule has 5 rings (SSSR count). The Morgan fingerprint density at radius 3 is 2.63 bits per heavy atom. The van der Waals surface area contributed by atoms with Gasteiger partial charge in [-0.2, -0.15) is 9.29 Å². The number of thiophene rings is 1. The molecule has 0 radical (unpaired) electrons. The van der Waals surface area contributed by atoms with Crippen LogP contribution in [0.2, 0.25) is 0 Å². The van der Waals surface area contributed by atoms with Crippen LogP contribution in [0.1, 0.15) is 50.0 Å². The Morgan fingerprint density at radius 1 is 1.14 bits per heavy atom. The Balaban J connectivity index is 1.34. The number of aryl methyl sites for hydroxylation is 1. The van der Waals surface area contributed by atoms with E-state index in [-0.39, 0.29) is 35.9 Å². The minimum atomic E-state index is -3.65. The Kier molecular flexibility index (Phi) is 7.04. The normalized spacial score (nSPS) is 19.7. The van der Waals surface area contributed by atoms with Gasteiger partial charge in [-0.3, -0.25) is 4.79 Å². The first-order valence-corrected chi connectivity index (χ1v) is 14.5. The summed E-state index contributed by atoms with van der Waals surface area (Å²) in [5.74, 6) is 0.538. The fraction of sp³-hybridized carbons (Fsp3) is 0.480. The van der Waals surface area contributed by atoms with E-state index in [4.69, 9.17) is 4.52 Å². The first-order chi connectivity index (χ1) is 16.9. The van der Waals surface area contributed by atoms with Crippen LogP contribution in [0.15, 0.2) is 51.2 Å². The lowest BCUT2D eigenvalue weighted by Gasteiger charge is -2.36. The number of sulfonamides is 1. The minimum absolute atomic E-state index is 0.0171. The summed E-state index contributed by atoms with van der Waals surface area (Å²) in [5, 5.41) is 6.05. The highest BCUT2D eigenvalue weighted by Gasteiger charge is 2.38. The number of benzene rings is 1. The van der Waals surface area contributed by atoms with Crippen LogP contribution < -0.4 is 0 Å². The van der Waals surface area contributed by atoms with Crippen LogP contribution in [0.4, 0.5) is 0 Å². The van der Waals surface area contributed by atoms with Crippen molar-refractivity contribution >= 4 is 27.3 Å². The number of nitrogens with zero attached hydrogens (tertiary/aromatic N) is 4. The molecule has 1 aliphatic carbocycles. The molecule has 3 aromatic rings. The maximum atomic E-state index is 13.8. The van der Waals surface area contributed by atoms with Crippen molar-refractivity contribution in [2.75, 3.05) is 13.1 Å². The van der Waals surface area contributed by atoms with E-state index in [1.807, 2.05) is 29.3 Å². The Labute approximate surface area is 210 Å². The number of carbonyl (C=O) groups is 1. The van der Waals surface area contributed by atoms with Crippen molar-refractivity contribution in [3.63, 3.8) is 0 Å². The van der Waals surface area contributed by atoms with Gasteiger partial charge in [0.25, 0.3) is 0 Å². The number of hydrogen-bond donors (Lipinski definition) is 0. The number of carbonyl (C=O) groups excluding carboxylic acids is 1. The third-order valence-electron chi connectivity index (χ3n) is 6.96. The minimum Gasteiger partial charge on any atom is -0.337 e.